The molecule has 1 unspecified atom stereocenters. The number of aryl methyl sites for hydroxylation is 1. The quantitative estimate of drug-likeness (QED) is 0.760. The van der Waals surface area contributed by atoms with Crippen LogP contribution in [0.5, 0.6) is 0 Å². The predicted molar refractivity (Wildman–Crippen MR) is 53.5 cm³/mol. The van der Waals surface area contributed by atoms with Gasteiger partial charge < -0.3 is 5.73 Å². The van der Waals surface area contributed by atoms with E-state index < -0.39 is 0 Å². The smallest absolute Gasteiger partial charge is 0.0837 e. The van der Waals surface area contributed by atoms with Crippen LogP contribution in [0, 0.1) is 0 Å². The number of nitrogens with two attached hydrogens (primary N) is 1. The van der Waals surface area contributed by atoms with E-state index in [0.29, 0.717) is 0 Å². The third-order valence-electron chi connectivity index (χ3n) is 2.10. The molecule has 72 valence electrons. The van der Waals surface area contributed by atoms with Crippen molar-refractivity contribution in [2.45, 2.75) is 6.04 Å². The van der Waals surface area contributed by atoms with Crippen LogP contribution in [0.2, 0.25) is 0 Å². The lowest BCUT2D eigenvalue weighted by Gasteiger charge is -2.07. The summed E-state index contributed by atoms with van der Waals surface area (Å²) >= 11 is 0. The minimum absolute atomic E-state index is 0.190. The molecule has 2 N–H and O–H groups in total. The number of pyridine rings is 1. The third kappa shape index (κ3) is 1.65. The molecule has 0 fully saturated rings. The largest absolute Gasteiger partial charge is 0.319 e. The van der Waals surface area contributed by atoms with Crippen LogP contribution in [0.1, 0.15) is 17.3 Å². The maximum absolute atomic E-state index is 6.01. The monoisotopic (exact) mass is 188 g/mol. The van der Waals surface area contributed by atoms with E-state index in [2.05, 4.69) is 10.1 Å². The molecule has 4 heteroatoms. The van der Waals surface area contributed by atoms with Crippen LogP contribution in [-0.4, -0.2) is 14.8 Å². The molecule has 2 heterocycles. The van der Waals surface area contributed by atoms with Crippen molar-refractivity contribution in [2.24, 2.45) is 12.8 Å². The van der Waals surface area contributed by atoms with Crippen LogP contribution in [0.15, 0.2) is 36.8 Å². The molecule has 0 aliphatic carbocycles. The molecule has 0 radical (unpaired) electrons. The van der Waals surface area contributed by atoms with E-state index >= 15 is 0 Å². The van der Waals surface area contributed by atoms with Crippen molar-refractivity contribution in [3.8, 4) is 0 Å². The molecule has 0 aliphatic heterocycles. The van der Waals surface area contributed by atoms with Gasteiger partial charge in [0.05, 0.1) is 11.7 Å². The van der Waals surface area contributed by atoms with Gasteiger partial charge in [-0.2, -0.15) is 5.10 Å². The van der Waals surface area contributed by atoms with Crippen LogP contribution in [-0.2, 0) is 7.05 Å². The lowest BCUT2D eigenvalue weighted by molar-refractivity contribution is 0.714. The van der Waals surface area contributed by atoms with Crippen LogP contribution >= 0.6 is 0 Å². The Balaban J connectivity index is 2.29. The van der Waals surface area contributed by atoms with E-state index in [1.165, 1.54) is 0 Å². The number of aromatic nitrogens is 3. The van der Waals surface area contributed by atoms with Crippen molar-refractivity contribution in [2.75, 3.05) is 0 Å². The summed E-state index contributed by atoms with van der Waals surface area (Å²) in [5, 5.41) is 4.25. The maximum atomic E-state index is 6.01. The molecule has 0 amide bonds. The number of hydrogen-bond acceptors (Lipinski definition) is 3. The summed E-state index contributed by atoms with van der Waals surface area (Å²) in [5.41, 5.74) is 7.85. The average molecular weight is 188 g/mol. The zero-order valence-electron chi connectivity index (χ0n) is 7.96. The van der Waals surface area contributed by atoms with Crippen molar-refractivity contribution in [3.05, 3.63) is 48.0 Å². The van der Waals surface area contributed by atoms with Crippen molar-refractivity contribution >= 4 is 0 Å². The molecule has 0 saturated heterocycles. The normalized spacial score (nSPS) is 12.7. The molecular weight excluding hydrogens is 176 g/mol. The van der Waals surface area contributed by atoms with E-state index in [4.69, 9.17) is 5.73 Å². The van der Waals surface area contributed by atoms with Gasteiger partial charge in [0.1, 0.15) is 0 Å². The summed E-state index contributed by atoms with van der Waals surface area (Å²) in [6.45, 7) is 0. The summed E-state index contributed by atoms with van der Waals surface area (Å²) in [5.74, 6) is 0. The van der Waals surface area contributed by atoms with Crippen LogP contribution in [0.3, 0.4) is 0 Å². The summed E-state index contributed by atoms with van der Waals surface area (Å²) in [6, 6.07) is 5.55. The fourth-order valence-corrected chi connectivity index (χ4v) is 1.33. The molecule has 2 aromatic heterocycles. The molecule has 1 atom stereocenters. The lowest BCUT2D eigenvalue weighted by atomic mass is 10.1. The number of hydrogen-bond donors (Lipinski definition) is 1. The summed E-state index contributed by atoms with van der Waals surface area (Å²) in [7, 11) is 1.87. The van der Waals surface area contributed by atoms with E-state index in [0.717, 1.165) is 11.3 Å². The van der Waals surface area contributed by atoms with Gasteiger partial charge in [-0.05, 0) is 17.7 Å². The first-order valence-corrected chi connectivity index (χ1v) is 4.42. The molecule has 0 bridgehead atoms. The lowest BCUT2D eigenvalue weighted by Crippen LogP contribution is -2.13. The van der Waals surface area contributed by atoms with Crippen LogP contribution in [0.4, 0.5) is 0 Å². The Labute approximate surface area is 82.4 Å². The van der Waals surface area contributed by atoms with Crippen molar-refractivity contribution < 1.29 is 0 Å². The fourth-order valence-electron chi connectivity index (χ4n) is 1.33. The van der Waals surface area contributed by atoms with Gasteiger partial charge in [-0.1, -0.05) is 6.07 Å². The highest BCUT2D eigenvalue weighted by atomic mass is 15.3. The SMILES string of the molecule is Cn1ccc(C(N)c2cccnc2)n1. The van der Waals surface area contributed by atoms with Crippen molar-refractivity contribution in [3.63, 3.8) is 0 Å². The Morgan fingerprint density at radius 2 is 2.29 bits per heavy atom. The Morgan fingerprint density at radius 3 is 2.86 bits per heavy atom. The summed E-state index contributed by atoms with van der Waals surface area (Å²) in [4.78, 5) is 4.02. The molecule has 0 aliphatic rings. The molecule has 2 rings (SSSR count). The second-order valence-corrected chi connectivity index (χ2v) is 3.18. The van der Waals surface area contributed by atoms with E-state index in [-0.39, 0.29) is 6.04 Å². The highest BCUT2D eigenvalue weighted by Gasteiger charge is 2.10. The minimum Gasteiger partial charge on any atom is -0.319 e. The zero-order valence-corrected chi connectivity index (χ0v) is 7.96. The van der Waals surface area contributed by atoms with Gasteiger partial charge >= 0.3 is 0 Å². The van der Waals surface area contributed by atoms with Gasteiger partial charge in [-0.3, -0.25) is 9.67 Å². The van der Waals surface area contributed by atoms with Crippen molar-refractivity contribution in [1.29, 1.82) is 0 Å². The molecule has 4 nitrogen and oxygen atoms in total. The van der Waals surface area contributed by atoms with Gasteiger partial charge in [0.2, 0.25) is 0 Å². The van der Waals surface area contributed by atoms with Crippen molar-refractivity contribution in [1.82, 2.24) is 14.8 Å². The molecule has 0 saturated carbocycles. The fraction of sp³-hybridized carbons (Fsp3) is 0.200. The van der Waals surface area contributed by atoms with E-state index in [1.807, 2.05) is 31.4 Å². The summed E-state index contributed by atoms with van der Waals surface area (Å²) < 4.78 is 1.74. The molecule has 0 spiro atoms. The maximum Gasteiger partial charge on any atom is 0.0837 e. The van der Waals surface area contributed by atoms with Gasteiger partial charge in [-0.15, -0.1) is 0 Å². The molecule has 14 heavy (non-hydrogen) atoms. The number of rotatable bonds is 2. The molecular formula is C10H12N4. The predicted octanol–water partition coefficient (Wildman–Crippen LogP) is 0.863. The highest BCUT2D eigenvalue weighted by Crippen LogP contribution is 2.15. The Kier molecular flexibility index (Phi) is 2.28. The van der Waals surface area contributed by atoms with Crippen LogP contribution in [0.25, 0.3) is 0 Å². The van der Waals surface area contributed by atoms with Crippen LogP contribution < -0.4 is 5.73 Å². The molecule has 2 aromatic rings. The second-order valence-electron chi connectivity index (χ2n) is 3.18. The minimum atomic E-state index is -0.190. The van der Waals surface area contributed by atoms with Gasteiger partial charge in [0.25, 0.3) is 0 Å². The Bertz CT molecular complexity index is 407. The average Bonchev–Trinajstić information content (AvgIpc) is 2.65. The third-order valence-corrected chi connectivity index (χ3v) is 2.10. The topological polar surface area (TPSA) is 56.7 Å². The Hall–Kier alpha value is -1.68. The number of nitrogens with zero attached hydrogens (tertiary/aromatic N) is 3. The second kappa shape index (κ2) is 3.59. The summed E-state index contributed by atoms with van der Waals surface area (Å²) in [6.07, 6.45) is 5.37. The van der Waals surface area contributed by atoms with Gasteiger partial charge in [-0.25, -0.2) is 0 Å². The van der Waals surface area contributed by atoms with E-state index in [9.17, 15) is 0 Å². The Morgan fingerprint density at radius 1 is 1.43 bits per heavy atom. The van der Waals surface area contributed by atoms with Gasteiger partial charge in [0, 0.05) is 25.6 Å². The first kappa shape index (κ1) is 8.90. The highest BCUT2D eigenvalue weighted by molar-refractivity contribution is 5.23. The standard InChI is InChI=1S/C10H12N4/c1-14-6-4-9(13-14)10(11)8-3-2-5-12-7-8/h2-7,10H,11H2,1H3. The first-order chi connectivity index (χ1) is 6.77. The zero-order chi connectivity index (χ0) is 9.97. The first-order valence-electron chi connectivity index (χ1n) is 4.42. The van der Waals surface area contributed by atoms with Gasteiger partial charge in [0.15, 0.2) is 0 Å². The molecule has 0 aromatic carbocycles. The van der Waals surface area contributed by atoms with E-state index in [1.54, 1.807) is 17.1 Å².